The Morgan fingerprint density at radius 2 is 0.792 bits per heavy atom. The van der Waals surface area contributed by atoms with Crippen LogP contribution in [0, 0.1) is 0 Å². The zero-order valence-corrected chi connectivity index (χ0v) is 67.1. The van der Waals surface area contributed by atoms with Gasteiger partial charge in [-0.05, 0) is 272 Å². The van der Waals surface area contributed by atoms with Crippen LogP contribution in [0.3, 0.4) is 0 Å². The molecule has 6 aromatic carbocycles. The normalized spacial score (nSPS) is 21.1. The van der Waals surface area contributed by atoms with Gasteiger partial charge in [0.2, 0.25) is 5.69 Å². The van der Waals surface area contributed by atoms with E-state index in [1.54, 1.807) is 50.1 Å². The fraction of sp³-hybridized carbons (Fsp3) is 0.526. The molecule has 0 radical (unpaired) electrons. The van der Waals surface area contributed by atoms with E-state index in [9.17, 15) is 13.0 Å². The highest BCUT2D eigenvalue weighted by atomic mass is 32.2. The van der Waals surface area contributed by atoms with Crippen molar-refractivity contribution < 1.29 is 17.5 Å². The Morgan fingerprint density at radius 1 is 0.416 bits per heavy atom. The molecule has 0 saturated carbocycles. The van der Waals surface area contributed by atoms with Crippen molar-refractivity contribution in [1.82, 2.24) is 0 Å². The third-order valence-corrected chi connectivity index (χ3v) is 28.5. The van der Waals surface area contributed by atoms with E-state index in [2.05, 4.69) is 294 Å². The number of unbranched alkanes of at least 4 members (excludes halogenated alkanes) is 2. The van der Waals surface area contributed by atoms with E-state index >= 15 is 0 Å². The van der Waals surface area contributed by atoms with E-state index in [0.29, 0.717) is 19.4 Å². The summed E-state index contributed by atoms with van der Waals surface area (Å²) in [5.41, 5.74) is 31.6. The summed E-state index contributed by atoms with van der Waals surface area (Å²) in [7, 11) is -4.06. The van der Waals surface area contributed by atoms with Gasteiger partial charge in [-0.15, -0.1) is 0 Å². The number of allylic oxidation sites excluding steroid dienone is 8. The molecule has 0 bridgehead atoms. The summed E-state index contributed by atoms with van der Waals surface area (Å²) in [5, 5.41) is 0. The summed E-state index contributed by atoms with van der Waals surface area (Å²) >= 11 is 0. The first-order valence-corrected chi connectivity index (χ1v) is 41.3. The van der Waals surface area contributed by atoms with Crippen molar-refractivity contribution in [1.29, 1.82) is 0 Å². The summed E-state index contributed by atoms with van der Waals surface area (Å²) in [6.45, 7) is 53.0. The molecule has 0 amide bonds. The van der Waals surface area contributed by atoms with Crippen LogP contribution in [0.25, 0.3) is 44.5 Å². The van der Waals surface area contributed by atoms with E-state index < -0.39 is 10.1 Å². The van der Waals surface area contributed by atoms with Crippen molar-refractivity contribution in [2.24, 2.45) is 0 Å². The third-order valence-electron chi connectivity index (χ3n) is 27.7. The fourth-order valence-corrected chi connectivity index (χ4v) is 22.8. The van der Waals surface area contributed by atoms with Gasteiger partial charge < -0.3 is 4.90 Å². The first-order chi connectivity index (χ1) is 47.6. The van der Waals surface area contributed by atoms with Gasteiger partial charge in [0.25, 0.3) is 10.1 Å². The van der Waals surface area contributed by atoms with Crippen LogP contribution in [0.2, 0.25) is 0 Å². The quantitative estimate of drug-likeness (QED) is 0.0284. The molecule has 0 aromatic heterocycles. The first kappa shape index (κ1) is 74.4. The highest BCUT2D eigenvalue weighted by molar-refractivity contribution is 7.85. The number of rotatable bonds is 24. The van der Waals surface area contributed by atoms with Gasteiger partial charge in [-0.25, -0.2) is 0 Å². The average Bonchev–Trinajstić information content (AvgIpc) is 1.54. The van der Waals surface area contributed by atoms with E-state index in [0.717, 1.165) is 56.5 Å². The van der Waals surface area contributed by atoms with E-state index in [1.807, 2.05) is 0 Å². The van der Waals surface area contributed by atoms with E-state index in [-0.39, 0.29) is 59.9 Å². The molecule has 6 aromatic rings. The fourth-order valence-electron chi connectivity index (χ4n) is 22.3. The monoisotopic (exact) mass is 1370 g/mol. The van der Waals surface area contributed by atoms with Crippen molar-refractivity contribution in [2.75, 3.05) is 23.7 Å². The molecule has 4 aliphatic carbocycles. The minimum atomic E-state index is -4.06. The second-order valence-electron chi connectivity index (χ2n) is 36.0. The Hall–Kier alpha value is -6.34. The molecule has 101 heavy (non-hydrogen) atoms. The van der Waals surface area contributed by atoms with Gasteiger partial charge in [0.1, 0.15) is 6.54 Å². The molecule has 0 saturated heterocycles. The molecule has 538 valence electrons. The lowest BCUT2D eigenvalue weighted by Crippen LogP contribution is -2.28. The molecule has 1 N–H and O–H groups in total. The van der Waals surface area contributed by atoms with Crippen molar-refractivity contribution in [3.63, 3.8) is 0 Å². The van der Waals surface area contributed by atoms with Crippen LogP contribution >= 0.6 is 0 Å². The highest BCUT2D eigenvalue weighted by Crippen LogP contribution is 2.66. The van der Waals surface area contributed by atoms with Gasteiger partial charge in [-0.2, -0.15) is 13.0 Å². The summed E-state index contributed by atoms with van der Waals surface area (Å²) in [6.07, 6.45) is 32.7. The Labute approximate surface area is 612 Å². The number of nitrogens with zero attached hydrogens (tertiary/aromatic N) is 2. The van der Waals surface area contributed by atoms with Crippen LogP contribution in [0.5, 0.6) is 0 Å². The lowest BCUT2D eigenvalue weighted by Gasteiger charge is -2.32. The Balaban J connectivity index is 0.815. The van der Waals surface area contributed by atoms with E-state index in [1.165, 1.54) is 113 Å². The van der Waals surface area contributed by atoms with Gasteiger partial charge in [0.05, 0.1) is 11.2 Å². The number of anilines is 1. The summed E-state index contributed by atoms with van der Waals surface area (Å²) in [6, 6.07) is 39.0. The molecule has 0 atom stereocenters. The third kappa shape index (κ3) is 12.2. The Kier molecular flexibility index (Phi) is 19.6. The smallest absolute Gasteiger partial charge is 0.264 e. The van der Waals surface area contributed by atoms with Gasteiger partial charge >= 0.3 is 0 Å². The summed E-state index contributed by atoms with van der Waals surface area (Å²) < 4.78 is 35.9. The molecule has 2 heterocycles. The molecular formula is C95H125N2O3S+. The number of hydrogen-bond acceptors (Lipinski definition) is 3. The van der Waals surface area contributed by atoms with Gasteiger partial charge in [-0.1, -0.05) is 235 Å². The highest BCUT2D eigenvalue weighted by Gasteiger charge is 2.56. The zero-order valence-electron chi connectivity index (χ0n) is 66.3. The van der Waals surface area contributed by atoms with Gasteiger partial charge in [0.15, 0.2) is 5.71 Å². The molecule has 12 rings (SSSR count). The molecule has 6 aliphatic rings. The maximum Gasteiger partial charge on any atom is 0.264 e. The Bertz CT molecular complexity index is 4340. The van der Waals surface area contributed by atoms with Crippen molar-refractivity contribution in [2.45, 2.75) is 302 Å². The summed E-state index contributed by atoms with van der Waals surface area (Å²) in [5.74, 6) is -0.245. The van der Waals surface area contributed by atoms with Crippen LogP contribution in [0.1, 0.15) is 304 Å². The van der Waals surface area contributed by atoms with Gasteiger partial charge in [0, 0.05) is 47.5 Å². The minimum absolute atomic E-state index is 0.0520. The second kappa shape index (κ2) is 26.7. The maximum absolute atomic E-state index is 11.9. The van der Waals surface area contributed by atoms with Gasteiger partial charge in [-0.3, -0.25) is 4.55 Å². The molecule has 5 nitrogen and oxygen atoms in total. The van der Waals surface area contributed by atoms with Crippen LogP contribution in [0.15, 0.2) is 145 Å². The predicted molar refractivity (Wildman–Crippen MR) is 433 cm³/mol. The van der Waals surface area contributed by atoms with Crippen LogP contribution in [-0.2, 0) is 64.3 Å². The van der Waals surface area contributed by atoms with Crippen molar-refractivity contribution in [3.8, 4) is 44.5 Å². The van der Waals surface area contributed by atoms with Crippen molar-refractivity contribution in [3.05, 3.63) is 201 Å². The first-order valence-electron chi connectivity index (χ1n) is 39.7. The minimum Gasteiger partial charge on any atom is -0.344 e. The SMILES string of the molecule is CCCCN1/C(=C/C=C/C=C/C=C/C2=[N+](CCCCS(=O)(=O)O)c3ccc(-c4ccc(-c5c6c(cc7c5C(C)(C)CC7(CC)CC)C(CC)(CC)CC6(C)C)cc4)cc3C2(C)C)C(C)(C)c2cc(-c3ccc(-c4c5c(cc6c4C(C)(C)CC6(CC)CC)C(CC)(CC)CC5(C)C)cc3)ccc21. The molecule has 0 unspecified atom stereocenters. The molecule has 6 heteroatoms. The largest absolute Gasteiger partial charge is 0.344 e. The standard InChI is InChI=1S/C95H124N2O3S/c1-22-31-53-96-76-51-49-68(64-41-45-66(46-42-64)80-82-72(92(23-2,24-3)60-86(82,10)11)58-73-83(80)87(12,13)61-93(73,25-4)26-5)56-70(76)90(18,19)78(96)39-35-33-32-34-36-40-79-91(20,21)71-57-69(50-52-77(71)97(79)54-37-38-55-101(98,99)100)65-43-47-67(48-44-65)81-84-74(94(27-6,28-7)62-88(84,14)15)59-75-85(81)89(16,17)63-95(75,29-8)30-9/h32-36,39-52,56-59H,22-31,37-38,53-55,60-63H2,1-21H3/p+1. The number of hydrogen-bond donors (Lipinski definition) is 1. The molecule has 2 aliphatic heterocycles. The number of benzene rings is 6. The topological polar surface area (TPSA) is 60.6 Å². The van der Waals surface area contributed by atoms with Crippen molar-refractivity contribution >= 4 is 27.2 Å². The zero-order chi connectivity index (χ0) is 73.1. The predicted octanol–water partition coefficient (Wildman–Crippen LogP) is 25.5. The Morgan fingerprint density at radius 3 is 1.20 bits per heavy atom. The lowest BCUT2D eigenvalue weighted by atomic mass is 9.72. The number of fused-ring (bicyclic) bond motifs is 6. The van der Waals surface area contributed by atoms with E-state index in [4.69, 9.17) is 0 Å². The molecular weight excluding hydrogens is 1250 g/mol. The van der Waals surface area contributed by atoms with Crippen LogP contribution in [-0.4, -0.2) is 42.1 Å². The van der Waals surface area contributed by atoms with Crippen LogP contribution in [0.4, 0.5) is 11.4 Å². The lowest BCUT2D eigenvalue weighted by molar-refractivity contribution is -0.438. The van der Waals surface area contributed by atoms with Crippen LogP contribution < -0.4 is 4.90 Å². The summed E-state index contributed by atoms with van der Waals surface area (Å²) in [4.78, 5) is 2.58. The molecule has 0 fully saturated rings. The average molecular weight is 1380 g/mol. The second-order valence-corrected chi connectivity index (χ2v) is 37.5. The maximum atomic E-state index is 11.9. The molecule has 0 spiro atoms.